The Kier molecular flexibility index (Phi) is 3.54. The zero-order chi connectivity index (χ0) is 16.5. The van der Waals surface area contributed by atoms with Gasteiger partial charge in [-0.15, -0.1) is 0 Å². The Hall–Kier alpha value is -3.08. The van der Waals surface area contributed by atoms with Crippen LogP contribution in [0.25, 0.3) is 5.69 Å². The van der Waals surface area contributed by atoms with Crippen LogP contribution in [0.2, 0.25) is 0 Å². The molecule has 24 heavy (non-hydrogen) atoms. The molecule has 0 unspecified atom stereocenters. The van der Waals surface area contributed by atoms with Crippen molar-refractivity contribution < 1.29 is 9.53 Å². The van der Waals surface area contributed by atoms with Crippen molar-refractivity contribution in [3.05, 3.63) is 71.9 Å². The predicted octanol–water partition coefficient (Wildman–Crippen LogP) is 3.36. The number of carbonyl (C=O) groups excluding carboxylic acids is 1. The first-order chi connectivity index (χ1) is 11.8. The maximum atomic E-state index is 12.2. The molecule has 1 aliphatic heterocycles. The lowest BCUT2D eigenvalue weighted by atomic mass is 9.87. The van der Waals surface area contributed by atoms with Crippen molar-refractivity contribution in [1.82, 2.24) is 9.78 Å². The van der Waals surface area contributed by atoms with Crippen molar-refractivity contribution in [3.8, 4) is 11.4 Å². The molecule has 0 spiro atoms. The van der Waals surface area contributed by atoms with Crippen molar-refractivity contribution in [3.63, 3.8) is 0 Å². The Labute approximate surface area is 139 Å². The summed E-state index contributed by atoms with van der Waals surface area (Å²) < 4.78 is 6.99. The van der Waals surface area contributed by atoms with Gasteiger partial charge in [-0.1, -0.05) is 30.3 Å². The molecule has 1 N–H and O–H groups in total. The number of carbonyl (C=O) groups is 1. The summed E-state index contributed by atoms with van der Waals surface area (Å²) in [4.78, 5) is 12.2. The van der Waals surface area contributed by atoms with Crippen LogP contribution >= 0.6 is 0 Å². The average molecular weight is 319 g/mol. The smallest absolute Gasteiger partial charge is 0.226 e. The van der Waals surface area contributed by atoms with Crippen LogP contribution in [-0.2, 0) is 4.79 Å². The minimum atomic E-state index is -0.00267. The van der Waals surface area contributed by atoms with Gasteiger partial charge in [0.1, 0.15) is 11.6 Å². The summed E-state index contributed by atoms with van der Waals surface area (Å²) in [5, 5.41) is 7.46. The maximum Gasteiger partial charge on any atom is 0.226 e. The van der Waals surface area contributed by atoms with E-state index in [2.05, 4.69) is 10.4 Å². The fraction of sp³-hybridized carbons (Fsp3) is 0.158. The number of nitrogens with zero attached hydrogens (tertiary/aromatic N) is 2. The van der Waals surface area contributed by atoms with Crippen LogP contribution in [0.15, 0.2) is 60.8 Å². The Balaban J connectivity index is 1.78. The Morgan fingerprint density at radius 2 is 1.88 bits per heavy atom. The van der Waals surface area contributed by atoms with E-state index in [0.717, 1.165) is 28.4 Å². The summed E-state index contributed by atoms with van der Waals surface area (Å²) in [5.41, 5.74) is 3.04. The highest BCUT2D eigenvalue weighted by Crippen LogP contribution is 2.38. The van der Waals surface area contributed by atoms with Gasteiger partial charge in [0, 0.05) is 17.9 Å². The van der Waals surface area contributed by atoms with E-state index in [0.29, 0.717) is 6.42 Å². The maximum absolute atomic E-state index is 12.2. The van der Waals surface area contributed by atoms with E-state index in [9.17, 15) is 4.79 Å². The number of para-hydroxylation sites is 1. The van der Waals surface area contributed by atoms with E-state index >= 15 is 0 Å². The number of amides is 1. The molecule has 1 aromatic heterocycles. The third-order valence-corrected chi connectivity index (χ3v) is 4.34. The lowest BCUT2D eigenvalue weighted by Gasteiger charge is -2.24. The highest BCUT2D eigenvalue weighted by molar-refractivity contribution is 5.94. The average Bonchev–Trinajstić information content (AvgIpc) is 3.05. The summed E-state index contributed by atoms with van der Waals surface area (Å²) in [5.74, 6) is 1.55. The Morgan fingerprint density at radius 3 is 2.58 bits per heavy atom. The summed E-state index contributed by atoms with van der Waals surface area (Å²) in [6, 6.07) is 17.7. The number of ether oxygens (including phenoxy) is 1. The molecule has 5 heteroatoms. The molecule has 0 aliphatic carbocycles. The van der Waals surface area contributed by atoms with Gasteiger partial charge < -0.3 is 10.1 Å². The van der Waals surface area contributed by atoms with Gasteiger partial charge in [-0.3, -0.25) is 4.79 Å². The summed E-state index contributed by atoms with van der Waals surface area (Å²) in [6.07, 6.45) is 2.26. The van der Waals surface area contributed by atoms with E-state index in [-0.39, 0.29) is 11.8 Å². The topological polar surface area (TPSA) is 56.1 Å². The van der Waals surface area contributed by atoms with Crippen molar-refractivity contribution in [2.75, 3.05) is 12.4 Å². The van der Waals surface area contributed by atoms with Crippen molar-refractivity contribution in [2.45, 2.75) is 12.3 Å². The molecule has 1 atom stereocenters. The minimum absolute atomic E-state index is 0.000925. The van der Waals surface area contributed by atoms with Gasteiger partial charge in [-0.05, 0) is 29.8 Å². The van der Waals surface area contributed by atoms with Crippen LogP contribution in [0.4, 0.5) is 5.82 Å². The Bertz CT molecular complexity index is 869. The molecule has 0 fully saturated rings. The molecular formula is C19H17N3O2. The molecule has 0 saturated heterocycles. The molecular weight excluding hydrogens is 302 g/mol. The second kappa shape index (κ2) is 5.85. The largest absolute Gasteiger partial charge is 0.497 e. The van der Waals surface area contributed by atoms with Gasteiger partial charge >= 0.3 is 0 Å². The molecule has 3 aromatic rings. The van der Waals surface area contributed by atoms with E-state index in [1.807, 2.05) is 60.8 Å². The second-order valence-corrected chi connectivity index (χ2v) is 5.77. The number of methoxy groups -OCH3 is 1. The normalized spacial score (nSPS) is 16.4. The SMILES string of the molecule is COc1ccc([C@H]2CC(=O)Nc3c2cnn3-c2ccccc2)cc1. The predicted molar refractivity (Wildman–Crippen MR) is 91.6 cm³/mol. The standard InChI is InChI=1S/C19H17N3O2/c1-24-15-9-7-13(8-10-15)16-11-18(23)21-19-17(16)12-20-22(19)14-5-3-2-4-6-14/h2-10,12,16H,11H2,1H3,(H,21,23)/t16-/m1/s1. The fourth-order valence-corrected chi connectivity index (χ4v) is 3.12. The zero-order valence-corrected chi connectivity index (χ0v) is 13.3. The first-order valence-electron chi connectivity index (χ1n) is 7.83. The highest BCUT2D eigenvalue weighted by Gasteiger charge is 2.30. The van der Waals surface area contributed by atoms with Crippen LogP contribution in [0, 0.1) is 0 Å². The molecule has 2 aromatic carbocycles. The lowest BCUT2D eigenvalue weighted by Crippen LogP contribution is -2.24. The van der Waals surface area contributed by atoms with Gasteiger partial charge in [0.2, 0.25) is 5.91 Å². The first kappa shape index (κ1) is 14.5. The molecule has 0 saturated carbocycles. The minimum Gasteiger partial charge on any atom is -0.497 e. The highest BCUT2D eigenvalue weighted by atomic mass is 16.5. The van der Waals surface area contributed by atoms with Crippen molar-refractivity contribution in [1.29, 1.82) is 0 Å². The third-order valence-electron chi connectivity index (χ3n) is 4.34. The van der Waals surface area contributed by atoms with Gasteiger partial charge in [-0.25, -0.2) is 4.68 Å². The van der Waals surface area contributed by atoms with Crippen LogP contribution in [0.5, 0.6) is 5.75 Å². The number of rotatable bonds is 3. The zero-order valence-electron chi connectivity index (χ0n) is 13.3. The van der Waals surface area contributed by atoms with E-state index < -0.39 is 0 Å². The number of hydrogen-bond acceptors (Lipinski definition) is 3. The van der Waals surface area contributed by atoms with Gasteiger partial charge in [0.25, 0.3) is 0 Å². The van der Waals surface area contributed by atoms with Crippen molar-refractivity contribution in [2.24, 2.45) is 0 Å². The van der Waals surface area contributed by atoms with Gasteiger partial charge in [0.15, 0.2) is 0 Å². The number of benzene rings is 2. The summed E-state index contributed by atoms with van der Waals surface area (Å²) in [6.45, 7) is 0. The number of aromatic nitrogens is 2. The number of anilines is 1. The number of nitrogens with one attached hydrogen (secondary N) is 1. The van der Waals surface area contributed by atoms with Crippen LogP contribution < -0.4 is 10.1 Å². The fourth-order valence-electron chi connectivity index (χ4n) is 3.12. The molecule has 120 valence electrons. The second-order valence-electron chi connectivity index (χ2n) is 5.77. The van der Waals surface area contributed by atoms with E-state index in [1.54, 1.807) is 11.8 Å². The monoisotopic (exact) mass is 319 g/mol. The molecule has 1 aliphatic rings. The van der Waals surface area contributed by atoms with Crippen LogP contribution in [-0.4, -0.2) is 22.8 Å². The lowest BCUT2D eigenvalue weighted by molar-refractivity contribution is -0.116. The number of hydrogen-bond donors (Lipinski definition) is 1. The van der Waals surface area contributed by atoms with Crippen molar-refractivity contribution >= 4 is 11.7 Å². The van der Waals surface area contributed by atoms with E-state index in [1.165, 1.54) is 0 Å². The third kappa shape index (κ3) is 2.44. The molecule has 5 nitrogen and oxygen atoms in total. The first-order valence-corrected chi connectivity index (χ1v) is 7.83. The molecule has 4 rings (SSSR count). The summed E-state index contributed by atoms with van der Waals surface area (Å²) in [7, 11) is 1.64. The molecule has 1 amide bonds. The van der Waals surface area contributed by atoms with Gasteiger partial charge in [0.05, 0.1) is 19.0 Å². The molecule has 2 heterocycles. The molecule has 0 radical (unpaired) electrons. The molecule has 0 bridgehead atoms. The van der Waals surface area contributed by atoms with Crippen LogP contribution in [0.3, 0.4) is 0 Å². The quantitative estimate of drug-likeness (QED) is 0.805. The number of fused-ring (bicyclic) bond motifs is 1. The van der Waals surface area contributed by atoms with Crippen LogP contribution in [0.1, 0.15) is 23.5 Å². The van der Waals surface area contributed by atoms with E-state index in [4.69, 9.17) is 4.74 Å². The summed E-state index contributed by atoms with van der Waals surface area (Å²) >= 11 is 0. The Morgan fingerprint density at radius 1 is 1.12 bits per heavy atom. The van der Waals surface area contributed by atoms with Gasteiger partial charge in [-0.2, -0.15) is 5.10 Å².